The summed E-state index contributed by atoms with van der Waals surface area (Å²) >= 11 is 7.42. The Balaban J connectivity index is 1.87. The molecule has 7 nitrogen and oxygen atoms in total. The van der Waals surface area contributed by atoms with Gasteiger partial charge in [-0.05, 0) is 44.4 Å². The highest BCUT2D eigenvalue weighted by Gasteiger charge is 2.23. The molecule has 35 heavy (non-hydrogen) atoms. The number of carbonyl (C=O) groups is 2. The predicted molar refractivity (Wildman–Crippen MR) is 137 cm³/mol. The molecule has 0 N–H and O–H groups in total. The van der Waals surface area contributed by atoms with Crippen molar-refractivity contribution in [1.82, 2.24) is 9.88 Å². The molecular formula is C26H29ClN2O5S. The Morgan fingerprint density at radius 2 is 1.74 bits per heavy atom. The van der Waals surface area contributed by atoms with Crippen molar-refractivity contribution in [2.75, 3.05) is 27.4 Å². The minimum atomic E-state index is -0.574. The standard InChI is InChI=1S/C26H29ClN2O5S/c1-5-34-26(31)23-24(27)35-22(28-23)16-29(13-9-12-18-10-7-6-8-11-18)25(30)19-14-20(32-3)17(2)21(15-19)33-4/h6-8,10-11,14-15H,5,9,12-13,16H2,1-4H3. The van der Waals surface area contributed by atoms with Crippen LogP contribution in [0, 0.1) is 6.92 Å². The molecule has 0 aliphatic rings. The van der Waals surface area contributed by atoms with E-state index in [1.54, 1.807) is 38.2 Å². The van der Waals surface area contributed by atoms with E-state index in [2.05, 4.69) is 17.1 Å². The van der Waals surface area contributed by atoms with Crippen LogP contribution in [0.3, 0.4) is 0 Å². The number of amides is 1. The first-order chi connectivity index (χ1) is 16.9. The van der Waals surface area contributed by atoms with Crippen molar-refractivity contribution in [1.29, 1.82) is 0 Å². The van der Waals surface area contributed by atoms with Gasteiger partial charge >= 0.3 is 5.97 Å². The lowest BCUT2D eigenvalue weighted by molar-refractivity contribution is 0.0520. The quantitative estimate of drug-likeness (QED) is 0.310. The molecule has 2 aromatic carbocycles. The second-order valence-corrected chi connectivity index (χ2v) is 9.46. The number of hydrogen-bond acceptors (Lipinski definition) is 7. The van der Waals surface area contributed by atoms with Gasteiger partial charge in [-0.3, -0.25) is 4.79 Å². The predicted octanol–water partition coefficient (Wildman–Crippen LogP) is 5.57. The molecule has 1 aromatic heterocycles. The first kappa shape index (κ1) is 26.5. The fourth-order valence-corrected chi connectivity index (χ4v) is 4.84. The minimum Gasteiger partial charge on any atom is -0.496 e. The molecule has 0 bridgehead atoms. The summed E-state index contributed by atoms with van der Waals surface area (Å²) in [5.41, 5.74) is 2.52. The zero-order valence-corrected chi connectivity index (χ0v) is 21.9. The number of aryl methyl sites for hydroxylation is 1. The fraction of sp³-hybridized carbons (Fsp3) is 0.346. The van der Waals surface area contributed by atoms with Gasteiger partial charge in [0.25, 0.3) is 5.91 Å². The fourth-order valence-electron chi connectivity index (χ4n) is 3.66. The third-order valence-corrected chi connectivity index (χ3v) is 6.69. The van der Waals surface area contributed by atoms with Gasteiger partial charge in [-0.25, -0.2) is 9.78 Å². The van der Waals surface area contributed by atoms with Crippen LogP contribution in [-0.4, -0.2) is 49.1 Å². The van der Waals surface area contributed by atoms with Crippen molar-refractivity contribution in [3.63, 3.8) is 0 Å². The van der Waals surface area contributed by atoms with Gasteiger partial charge in [0.1, 0.15) is 20.8 Å². The molecule has 3 rings (SSSR count). The molecule has 186 valence electrons. The second-order valence-electron chi connectivity index (χ2n) is 7.77. The molecule has 1 heterocycles. The summed E-state index contributed by atoms with van der Waals surface area (Å²) in [6.45, 7) is 4.51. The smallest absolute Gasteiger partial charge is 0.359 e. The Hall–Kier alpha value is -3.10. The number of halogens is 1. The van der Waals surface area contributed by atoms with E-state index >= 15 is 0 Å². The summed E-state index contributed by atoms with van der Waals surface area (Å²) in [6.07, 6.45) is 1.57. The third kappa shape index (κ3) is 6.74. The number of aromatic nitrogens is 1. The van der Waals surface area contributed by atoms with Gasteiger partial charge < -0.3 is 19.1 Å². The lowest BCUT2D eigenvalue weighted by atomic mass is 10.1. The Bertz CT molecular complexity index is 1140. The number of carbonyl (C=O) groups excluding carboxylic acids is 2. The van der Waals surface area contributed by atoms with Crippen LogP contribution in [0.15, 0.2) is 42.5 Å². The van der Waals surface area contributed by atoms with Crippen molar-refractivity contribution in [3.05, 3.63) is 74.2 Å². The number of hydrogen-bond donors (Lipinski definition) is 0. The molecule has 0 unspecified atom stereocenters. The molecule has 0 saturated heterocycles. The molecule has 3 aromatic rings. The zero-order valence-electron chi connectivity index (χ0n) is 20.3. The minimum absolute atomic E-state index is 0.0730. The van der Waals surface area contributed by atoms with E-state index in [-0.39, 0.29) is 29.1 Å². The van der Waals surface area contributed by atoms with Crippen molar-refractivity contribution in [2.24, 2.45) is 0 Å². The van der Waals surface area contributed by atoms with Gasteiger partial charge in [0.05, 0.1) is 27.4 Å². The average Bonchev–Trinajstić information content (AvgIpc) is 3.24. The number of ether oxygens (including phenoxy) is 3. The second kappa shape index (κ2) is 12.6. The molecule has 0 aliphatic heterocycles. The molecular weight excluding hydrogens is 488 g/mol. The summed E-state index contributed by atoms with van der Waals surface area (Å²) in [4.78, 5) is 31.9. The zero-order chi connectivity index (χ0) is 25.4. The van der Waals surface area contributed by atoms with E-state index in [1.165, 1.54) is 16.9 Å². The van der Waals surface area contributed by atoms with Crippen LogP contribution in [0.5, 0.6) is 11.5 Å². The largest absolute Gasteiger partial charge is 0.496 e. The third-order valence-electron chi connectivity index (χ3n) is 5.45. The Morgan fingerprint density at radius 1 is 1.09 bits per heavy atom. The van der Waals surface area contributed by atoms with Crippen LogP contribution >= 0.6 is 22.9 Å². The molecule has 0 fully saturated rings. The van der Waals surface area contributed by atoms with Gasteiger partial charge in [0.15, 0.2) is 5.69 Å². The first-order valence-corrected chi connectivity index (χ1v) is 12.5. The normalized spacial score (nSPS) is 10.7. The Labute approximate surface area is 214 Å². The van der Waals surface area contributed by atoms with E-state index < -0.39 is 5.97 Å². The summed E-state index contributed by atoms with van der Waals surface area (Å²) in [5.74, 6) is 0.367. The van der Waals surface area contributed by atoms with Crippen molar-refractivity contribution in [3.8, 4) is 11.5 Å². The number of nitrogens with zero attached hydrogens (tertiary/aromatic N) is 2. The van der Waals surface area contributed by atoms with Gasteiger partial charge in [-0.1, -0.05) is 41.9 Å². The number of methoxy groups -OCH3 is 2. The maximum absolute atomic E-state index is 13.6. The van der Waals surface area contributed by atoms with Crippen LogP contribution in [-0.2, 0) is 17.7 Å². The van der Waals surface area contributed by atoms with Crippen LogP contribution < -0.4 is 9.47 Å². The lowest BCUT2D eigenvalue weighted by Gasteiger charge is -2.23. The van der Waals surface area contributed by atoms with E-state index in [4.69, 9.17) is 25.8 Å². The van der Waals surface area contributed by atoms with Crippen LogP contribution in [0.25, 0.3) is 0 Å². The molecule has 0 atom stereocenters. The first-order valence-electron chi connectivity index (χ1n) is 11.3. The summed E-state index contributed by atoms with van der Waals surface area (Å²) < 4.78 is 16.2. The number of esters is 1. The SMILES string of the molecule is CCOC(=O)c1nc(CN(CCCc2ccccc2)C(=O)c2cc(OC)c(C)c(OC)c2)sc1Cl. The number of rotatable bonds is 11. The summed E-state index contributed by atoms with van der Waals surface area (Å²) in [5, 5.41) is 0.553. The van der Waals surface area contributed by atoms with Crippen LogP contribution in [0.1, 0.15) is 50.3 Å². The average molecular weight is 517 g/mol. The van der Waals surface area contributed by atoms with Gasteiger partial charge in [0, 0.05) is 17.7 Å². The molecule has 1 amide bonds. The van der Waals surface area contributed by atoms with E-state index in [9.17, 15) is 9.59 Å². The lowest BCUT2D eigenvalue weighted by Crippen LogP contribution is -2.32. The monoisotopic (exact) mass is 516 g/mol. The topological polar surface area (TPSA) is 78.0 Å². The van der Waals surface area contributed by atoms with E-state index in [0.29, 0.717) is 28.6 Å². The van der Waals surface area contributed by atoms with E-state index in [1.807, 2.05) is 25.1 Å². The van der Waals surface area contributed by atoms with Crippen LogP contribution in [0.4, 0.5) is 0 Å². The Morgan fingerprint density at radius 3 is 2.34 bits per heavy atom. The molecule has 0 aliphatic carbocycles. The van der Waals surface area contributed by atoms with Gasteiger partial charge in [-0.2, -0.15) is 0 Å². The maximum atomic E-state index is 13.6. The number of thiazole rings is 1. The Kier molecular flexibility index (Phi) is 9.51. The van der Waals surface area contributed by atoms with Crippen LogP contribution in [0.2, 0.25) is 4.34 Å². The maximum Gasteiger partial charge on any atom is 0.359 e. The molecule has 9 heteroatoms. The van der Waals surface area contributed by atoms with Crippen molar-refractivity contribution >= 4 is 34.8 Å². The van der Waals surface area contributed by atoms with E-state index in [0.717, 1.165) is 18.4 Å². The van der Waals surface area contributed by atoms with Crippen molar-refractivity contribution in [2.45, 2.75) is 33.2 Å². The van der Waals surface area contributed by atoms with Gasteiger partial charge in [-0.15, -0.1) is 11.3 Å². The summed E-state index contributed by atoms with van der Waals surface area (Å²) in [7, 11) is 3.12. The number of benzene rings is 2. The van der Waals surface area contributed by atoms with Gasteiger partial charge in [0.2, 0.25) is 0 Å². The highest BCUT2D eigenvalue weighted by molar-refractivity contribution is 7.16. The van der Waals surface area contributed by atoms with Crippen molar-refractivity contribution < 1.29 is 23.8 Å². The molecule has 0 spiro atoms. The summed E-state index contributed by atoms with van der Waals surface area (Å²) in [6, 6.07) is 13.5. The highest BCUT2D eigenvalue weighted by Crippen LogP contribution is 2.31. The molecule has 0 radical (unpaired) electrons. The highest BCUT2D eigenvalue weighted by atomic mass is 35.5. The molecule has 0 saturated carbocycles.